The second-order valence-electron chi connectivity index (χ2n) is 0.902. The first-order valence-corrected chi connectivity index (χ1v) is 2.75. The lowest BCUT2D eigenvalue weighted by molar-refractivity contribution is -0.0979. The Labute approximate surface area is 71.3 Å². The van der Waals surface area contributed by atoms with Crippen LogP contribution in [0.4, 0.5) is 4.79 Å². The average Bonchev–Trinajstić information content (AvgIpc) is 1.93. The van der Waals surface area contributed by atoms with Crippen molar-refractivity contribution in [3.8, 4) is 0 Å². The Bertz CT molecular complexity index is 143. The lowest BCUT2D eigenvalue weighted by atomic mass is 10.9. The summed E-state index contributed by atoms with van der Waals surface area (Å²) in [6.45, 7) is 4.01. The fraction of sp³-hybridized carbons (Fsp3) is 0.500. The molecule has 0 unspecified atom stereocenters. The van der Waals surface area contributed by atoms with Crippen LogP contribution in [0, 0.1) is 0 Å². The van der Waals surface area contributed by atoms with Crippen LogP contribution in [-0.2, 0) is 9.53 Å². The van der Waals surface area contributed by atoms with Crippen molar-refractivity contribution in [2.24, 2.45) is 4.99 Å². The summed E-state index contributed by atoms with van der Waals surface area (Å²) in [5.74, 6) is 0. The van der Waals surface area contributed by atoms with Gasteiger partial charge in [-0.05, 0) is 19.1 Å². The minimum absolute atomic E-state index is 0. The number of hydrogen-bond donors (Lipinski definition) is 0. The maximum atomic E-state index is 10.1. The fourth-order valence-electron chi connectivity index (χ4n) is 0.193. The summed E-state index contributed by atoms with van der Waals surface area (Å²) in [7, 11) is 0. The molecule has 0 saturated carbocycles. The summed E-state index contributed by atoms with van der Waals surface area (Å²) in [5.41, 5.74) is 0. The van der Waals surface area contributed by atoms with Crippen LogP contribution in [0.5, 0.6) is 0 Å². The number of carbonyl (C=O) groups is 2. The van der Waals surface area contributed by atoms with Gasteiger partial charge in [-0.25, -0.2) is 4.79 Å². The number of ether oxygens (including phenoxy) is 1. The Morgan fingerprint density at radius 3 is 2.45 bits per heavy atom. The van der Waals surface area contributed by atoms with Crippen LogP contribution in [0.3, 0.4) is 0 Å². The molecule has 0 aliphatic rings. The van der Waals surface area contributed by atoms with Gasteiger partial charge in [0.2, 0.25) is 0 Å². The van der Waals surface area contributed by atoms with E-state index < -0.39 is 6.09 Å². The first-order valence-electron chi connectivity index (χ1n) is 2.34. The number of thiocarbonyl (C=S) groups is 1. The Kier molecular flexibility index (Phi) is 24.0. The molecular weight excluding hydrogens is 166 g/mol. The van der Waals surface area contributed by atoms with E-state index in [0.717, 1.165) is 0 Å². The van der Waals surface area contributed by atoms with Gasteiger partial charge in [-0.15, -0.1) is 4.99 Å². The smallest absolute Gasteiger partial charge is 0.442 e. The monoisotopic (exact) mass is 177 g/mol. The maximum Gasteiger partial charge on any atom is 0.442 e. The highest BCUT2D eigenvalue weighted by Gasteiger charge is 1.90. The van der Waals surface area contributed by atoms with Crippen LogP contribution in [0.2, 0.25) is 0 Å². The van der Waals surface area contributed by atoms with Crippen LogP contribution in [0.25, 0.3) is 0 Å². The Morgan fingerprint density at radius 1 is 1.73 bits per heavy atom. The lowest BCUT2D eigenvalue weighted by Gasteiger charge is -1.88. The molecule has 0 N–H and O–H groups in total. The van der Waals surface area contributed by atoms with Crippen LogP contribution in [0.15, 0.2) is 4.99 Å². The summed E-state index contributed by atoms with van der Waals surface area (Å²) in [6.07, 6.45) is -0.678. The van der Waals surface area contributed by atoms with Gasteiger partial charge in [-0.1, -0.05) is 7.43 Å². The molecule has 0 heterocycles. The van der Waals surface area contributed by atoms with Crippen molar-refractivity contribution in [3.05, 3.63) is 0 Å². The molecule has 4 nitrogen and oxygen atoms in total. The summed E-state index contributed by atoms with van der Waals surface area (Å²) >= 11 is 4.12. The second kappa shape index (κ2) is 16.0. The maximum absolute atomic E-state index is 10.1. The van der Waals surface area contributed by atoms with E-state index in [1.54, 1.807) is 6.92 Å². The standard InChI is InChI=1S/C4H5NO2S.CH2O.CH4/c1-2-7-4(6)5-3-8;1-2;/h2H2,1H3;1H2;1H4. The molecule has 64 valence electrons. The Morgan fingerprint density at radius 2 is 2.18 bits per heavy atom. The summed E-state index contributed by atoms with van der Waals surface area (Å²) in [5, 5.41) is 1.89. The van der Waals surface area contributed by atoms with E-state index >= 15 is 0 Å². The highest BCUT2D eigenvalue weighted by Crippen LogP contribution is 1.78. The van der Waals surface area contributed by atoms with Gasteiger partial charge in [0.1, 0.15) is 6.79 Å². The molecule has 0 bridgehead atoms. The molecule has 0 rings (SSSR count). The number of nitrogens with zero attached hydrogens (tertiary/aromatic N) is 1. The predicted molar refractivity (Wildman–Crippen MR) is 45.9 cm³/mol. The summed E-state index contributed by atoms with van der Waals surface area (Å²) < 4.78 is 4.35. The van der Waals surface area contributed by atoms with Crippen molar-refractivity contribution >= 4 is 30.3 Å². The molecule has 0 fully saturated rings. The first kappa shape index (κ1) is 16.5. The summed E-state index contributed by atoms with van der Waals surface area (Å²) in [4.78, 5) is 21.1. The van der Waals surface area contributed by atoms with E-state index in [1.165, 1.54) is 0 Å². The fourth-order valence-corrected chi connectivity index (χ4v) is 0.268. The van der Waals surface area contributed by atoms with Crippen LogP contribution in [-0.4, -0.2) is 24.7 Å². The van der Waals surface area contributed by atoms with Gasteiger partial charge in [0, 0.05) is 0 Å². The van der Waals surface area contributed by atoms with Gasteiger partial charge in [-0.2, -0.15) is 0 Å². The largest absolute Gasteiger partial charge is 0.448 e. The van der Waals surface area contributed by atoms with Gasteiger partial charge < -0.3 is 9.53 Å². The molecule has 0 atom stereocenters. The Hall–Kier alpha value is -1.06. The molecule has 11 heavy (non-hydrogen) atoms. The minimum Gasteiger partial charge on any atom is -0.448 e. The zero-order valence-corrected chi connectivity index (χ0v) is 6.31. The van der Waals surface area contributed by atoms with Gasteiger partial charge in [-0.3, -0.25) is 0 Å². The molecular formula is C6H11NO3S. The highest BCUT2D eigenvalue weighted by atomic mass is 32.1. The molecule has 0 aromatic heterocycles. The third kappa shape index (κ3) is 17.6. The molecule has 1 amide bonds. The van der Waals surface area contributed by atoms with E-state index in [9.17, 15) is 4.79 Å². The molecule has 0 aromatic rings. The molecule has 0 radical (unpaired) electrons. The topological polar surface area (TPSA) is 55.7 Å². The highest BCUT2D eigenvalue weighted by molar-refractivity contribution is 7.78. The van der Waals surface area contributed by atoms with Crippen molar-refractivity contribution in [2.75, 3.05) is 6.61 Å². The molecule has 5 heteroatoms. The number of amides is 1. The van der Waals surface area contributed by atoms with Crippen molar-refractivity contribution in [1.29, 1.82) is 0 Å². The normalized spacial score (nSPS) is 5.55. The minimum atomic E-state index is -0.678. The second-order valence-corrected chi connectivity index (χ2v) is 1.08. The number of isothiocyanates is 1. The van der Waals surface area contributed by atoms with Crippen molar-refractivity contribution in [3.63, 3.8) is 0 Å². The average molecular weight is 177 g/mol. The number of carbonyl (C=O) groups excluding carboxylic acids is 2. The number of rotatable bonds is 1. The zero-order chi connectivity index (χ0) is 8.41. The lowest BCUT2D eigenvalue weighted by Crippen LogP contribution is -1.95. The van der Waals surface area contributed by atoms with Gasteiger partial charge >= 0.3 is 6.09 Å². The van der Waals surface area contributed by atoms with Crippen molar-refractivity contribution < 1.29 is 14.3 Å². The first-order chi connectivity index (χ1) is 4.81. The zero-order valence-electron chi connectivity index (χ0n) is 5.49. The van der Waals surface area contributed by atoms with Gasteiger partial charge in [0.15, 0.2) is 0 Å². The van der Waals surface area contributed by atoms with Crippen molar-refractivity contribution in [2.45, 2.75) is 14.4 Å². The molecule has 0 spiro atoms. The molecule has 0 aromatic carbocycles. The quantitative estimate of drug-likeness (QED) is 0.452. The van der Waals surface area contributed by atoms with E-state index in [-0.39, 0.29) is 7.43 Å². The number of hydrogen-bond acceptors (Lipinski definition) is 4. The van der Waals surface area contributed by atoms with Crippen LogP contribution >= 0.6 is 12.2 Å². The Balaban J connectivity index is -0.000000196. The van der Waals surface area contributed by atoms with Crippen molar-refractivity contribution in [1.82, 2.24) is 0 Å². The van der Waals surface area contributed by atoms with E-state index in [0.29, 0.717) is 6.61 Å². The SMILES string of the molecule is C.C=O.CCOC(=O)N=C=S. The number of aliphatic imine (C=N–C) groups is 1. The van der Waals surface area contributed by atoms with Gasteiger partial charge in [0.25, 0.3) is 0 Å². The van der Waals surface area contributed by atoms with Gasteiger partial charge in [0.05, 0.1) is 11.8 Å². The third-order valence-corrected chi connectivity index (χ3v) is 0.496. The van der Waals surface area contributed by atoms with E-state index in [1.807, 2.05) is 12.0 Å². The van der Waals surface area contributed by atoms with Crippen LogP contribution in [0.1, 0.15) is 14.4 Å². The third-order valence-electron chi connectivity index (χ3n) is 0.405. The van der Waals surface area contributed by atoms with E-state index in [4.69, 9.17) is 4.79 Å². The van der Waals surface area contributed by atoms with Crippen LogP contribution < -0.4 is 0 Å². The molecule has 0 aliphatic carbocycles. The molecule has 0 saturated heterocycles. The predicted octanol–water partition coefficient (Wildman–Crippen LogP) is 1.70. The molecule has 0 aliphatic heterocycles. The van der Waals surface area contributed by atoms with E-state index in [2.05, 4.69) is 21.9 Å². The summed E-state index contributed by atoms with van der Waals surface area (Å²) in [6, 6.07) is 0.